The van der Waals surface area contributed by atoms with E-state index in [9.17, 15) is 4.79 Å². The Morgan fingerprint density at radius 3 is 2.86 bits per heavy atom. The van der Waals surface area contributed by atoms with Crippen LogP contribution >= 0.6 is 23.4 Å². The summed E-state index contributed by atoms with van der Waals surface area (Å²) in [7, 11) is 1.82. The molecule has 3 nitrogen and oxygen atoms in total. The quantitative estimate of drug-likeness (QED) is 0.777. The van der Waals surface area contributed by atoms with E-state index in [0.29, 0.717) is 10.8 Å². The van der Waals surface area contributed by atoms with Crippen molar-refractivity contribution >= 4 is 40.0 Å². The summed E-state index contributed by atoms with van der Waals surface area (Å²) < 4.78 is 0. The molecule has 1 amide bonds. The minimum Gasteiger partial charge on any atom is -0.338 e. The first-order valence-corrected chi connectivity index (χ1v) is 8.63. The lowest BCUT2D eigenvalue weighted by atomic mass is 10.1. The van der Waals surface area contributed by atoms with Gasteiger partial charge in [0.15, 0.2) is 0 Å². The van der Waals surface area contributed by atoms with E-state index < -0.39 is 0 Å². The molecule has 21 heavy (non-hydrogen) atoms. The summed E-state index contributed by atoms with van der Waals surface area (Å²) in [5.41, 5.74) is 0.400. The summed E-state index contributed by atoms with van der Waals surface area (Å²) in [6.07, 6.45) is 3.03. The zero-order valence-electron chi connectivity index (χ0n) is 12.5. The molecule has 0 aliphatic carbocycles. The van der Waals surface area contributed by atoms with Crippen molar-refractivity contribution in [1.29, 1.82) is 0 Å². The van der Waals surface area contributed by atoms with Crippen molar-refractivity contribution in [2.24, 2.45) is 0 Å². The van der Waals surface area contributed by atoms with Crippen LogP contribution in [0.25, 0.3) is 10.8 Å². The average molecular weight is 323 g/mol. The number of carbonyl (C=O) groups excluding carboxylic acids is 1. The number of pyridine rings is 1. The highest BCUT2D eigenvalue weighted by atomic mass is 35.5. The number of nitrogens with zero attached hydrogens (tertiary/aromatic N) is 2. The number of carbonyl (C=O) groups is 1. The Labute approximate surface area is 134 Å². The van der Waals surface area contributed by atoms with Gasteiger partial charge in [-0.2, -0.15) is 11.8 Å². The highest BCUT2D eigenvalue weighted by Gasteiger charge is 2.19. The van der Waals surface area contributed by atoms with E-state index in [2.05, 4.69) is 18.2 Å². The molecular formula is C16H19ClN2OS. The molecule has 0 spiro atoms. The van der Waals surface area contributed by atoms with Gasteiger partial charge in [0.1, 0.15) is 10.8 Å². The maximum atomic E-state index is 12.5. The van der Waals surface area contributed by atoms with Crippen LogP contribution in [0.5, 0.6) is 0 Å². The monoisotopic (exact) mass is 322 g/mol. The van der Waals surface area contributed by atoms with Gasteiger partial charge in [-0.3, -0.25) is 4.79 Å². The second-order valence-electron chi connectivity index (χ2n) is 5.07. The van der Waals surface area contributed by atoms with E-state index in [4.69, 9.17) is 11.6 Å². The SMILES string of the molecule is CSCCC(C)N(C)C(=O)c1cc2ccccc2c(Cl)n1. The molecule has 1 unspecified atom stereocenters. The van der Waals surface area contributed by atoms with Gasteiger partial charge in [-0.15, -0.1) is 0 Å². The van der Waals surface area contributed by atoms with Gasteiger partial charge < -0.3 is 4.90 Å². The molecule has 1 atom stereocenters. The topological polar surface area (TPSA) is 33.2 Å². The van der Waals surface area contributed by atoms with Crippen LogP contribution in [0.3, 0.4) is 0 Å². The van der Waals surface area contributed by atoms with Gasteiger partial charge in [0.25, 0.3) is 5.91 Å². The molecule has 0 aliphatic rings. The first kappa shape index (κ1) is 16.1. The van der Waals surface area contributed by atoms with Crippen molar-refractivity contribution in [3.8, 4) is 0 Å². The standard InChI is InChI=1S/C16H19ClN2OS/c1-11(8-9-21-3)19(2)16(20)14-10-12-6-4-5-7-13(12)15(17)18-14/h4-7,10-11H,8-9H2,1-3H3. The minimum atomic E-state index is -0.0868. The lowest BCUT2D eigenvalue weighted by molar-refractivity contribution is 0.0735. The molecule has 0 aliphatic heterocycles. The zero-order valence-corrected chi connectivity index (χ0v) is 14.0. The second-order valence-corrected chi connectivity index (χ2v) is 6.41. The maximum absolute atomic E-state index is 12.5. The van der Waals surface area contributed by atoms with Crippen LogP contribution in [0, 0.1) is 0 Å². The Morgan fingerprint density at radius 2 is 2.14 bits per heavy atom. The van der Waals surface area contributed by atoms with Crippen molar-refractivity contribution in [3.63, 3.8) is 0 Å². The highest BCUT2D eigenvalue weighted by molar-refractivity contribution is 7.98. The molecule has 5 heteroatoms. The summed E-state index contributed by atoms with van der Waals surface area (Å²) in [4.78, 5) is 18.5. The predicted octanol–water partition coefficient (Wildman–Crippen LogP) is 4.10. The number of aromatic nitrogens is 1. The van der Waals surface area contributed by atoms with Crippen molar-refractivity contribution in [3.05, 3.63) is 41.2 Å². The normalized spacial score (nSPS) is 12.4. The largest absolute Gasteiger partial charge is 0.338 e. The Morgan fingerprint density at radius 1 is 1.43 bits per heavy atom. The number of hydrogen-bond acceptors (Lipinski definition) is 3. The fourth-order valence-corrected chi connectivity index (χ4v) is 2.97. The van der Waals surface area contributed by atoms with E-state index in [0.717, 1.165) is 22.9 Å². The zero-order chi connectivity index (χ0) is 15.4. The number of hydrogen-bond donors (Lipinski definition) is 0. The average Bonchev–Trinajstić information content (AvgIpc) is 2.51. The third kappa shape index (κ3) is 3.69. The Hall–Kier alpha value is -1.26. The van der Waals surface area contributed by atoms with E-state index in [1.807, 2.05) is 31.3 Å². The van der Waals surface area contributed by atoms with Crippen LogP contribution in [-0.4, -0.2) is 40.9 Å². The molecule has 1 aromatic heterocycles. The number of fused-ring (bicyclic) bond motifs is 1. The molecular weight excluding hydrogens is 304 g/mol. The Balaban J connectivity index is 2.27. The van der Waals surface area contributed by atoms with Gasteiger partial charge in [0.05, 0.1) is 0 Å². The number of rotatable bonds is 5. The molecule has 0 fully saturated rings. The lowest BCUT2D eigenvalue weighted by Crippen LogP contribution is -2.35. The summed E-state index contributed by atoms with van der Waals surface area (Å²) in [5.74, 6) is 0.946. The third-order valence-corrected chi connectivity index (χ3v) is 4.57. The molecule has 0 saturated carbocycles. The smallest absolute Gasteiger partial charge is 0.272 e. The summed E-state index contributed by atoms with van der Waals surface area (Å²) in [5, 5.41) is 2.18. The number of amides is 1. The molecule has 112 valence electrons. The molecule has 1 aromatic carbocycles. The van der Waals surface area contributed by atoms with Crippen molar-refractivity contribution < 1.29 is 4.79 Å². The summed E-state index contributed by atoms with van der Waals surface area (Å²) in [6, 6.07) is 9.67. The second kappa shape index (κ2) is 7.14. The van der Waals surface area contributed by atoms with Crippen LogP contribution in [0.4, 0.5) is 0 Å². The van der Waals surface area contributed by atoms with Crippen LogP contribution in [0.15, 0.2) is 30.3 Å². The van der Waals surface area contributed by atoms with Crippen LogP contribution < -0.4 is 0 Å². The Kier molecular flexibility index (Phi) is 5.48. The third-order valence-electron chi connectivity index (χ3n) is 3.63. The van der Waals surface area contributed by atoms with Crippen LogP contribution in [0.2, 0.25) is 5.15 Å². The highest BCUT2D eigenvalue weighted by Crippen LogP contribution is 2.23. The van der Waals surface area contributed by atoms with Crippen molar-refractivity contribution in [1.82, 2.24) is 9.88 Å². The molecule has 2 rings (SSSR count). The number of thioether (sulfide) groups is 1. The fourth-order valence-electron chi connectivity index (χ4n) is 2.13. The first-order chi connectivity index (χ1) is 10.0. The van der Waals surface area contributed by atoms with Gasteiger partial charge in [0.2, 0.25) is 0 Å². The van der Waals surface area contributed by atoms with Crippen LogP contribution in [0.1, 0.15) is 23.8 Å². The maximum Gasteiger partial charge on any atom is 0.272 e. The van der Waals surface area contributed by atoms with E-state index in [1.165, 1.54) is 0 Å². The molecule has 0 saturated heterocycles. The molecule has 0 bridgehead atoms. The Bertz CT molecular complexity index is 647. The van der Waals surface area contributed by atoms with Crippen LogP contribution in [-0.2, 0) is 0 Å². The minimum absolute atomic E-state index is 0.0868. The molecule has 1 heterocycles. The molecule has 0 N–H and O–H groups in total. The number of benzene rings is 1. The fraction of sp³-hybridized carbons (Fsp3) is 0.375. The number of halogens is 1. The summed E-state index contributed by atoms with van der Waals surface area (Å²) in [6.45, 7) is 2.05. The molecule has 0 radical (unpaired) electrons. The van der Waals surface area contributed by atoms with Gasteiger partial charge >= 0.3 is 0 Å². The van der Waals surface area contributed by atoms with Gasteiger partial charge in [-0.25, -0.2) is 4.98 Å². The van der Waals surface area contributed by atoms with Gasteiger partial charge in [0, 0.05) is 18.5 Å². The van der Waals surface area contributed by atoms with E-state index >= 15 is 0 Å². The molecule has 2 aromatic rings. The first-order valence-electron chi connectivity index (χ1n) is 6.86. The predicted molar refractivity (Wildman–Crippen MR) is 91.3 cm³/mol. The van der Waals surface area contributed by atoms with Gasteiger partial charge in [-0.05, 0) is 36.8 Å². The van der Waals surface area contributed by atoms with Crippen molar-refractivity contribution in [2.75, 3.05) is 19.1 Å². The summed E-state index contributed by atoms with van der Waals surface area (Å²) >= 11 is 7.97. The van der Waals surface area contributed by atoms with E-state index in [-0.39, 0.29) is 11.9 Å². The van der Waals surface area contributed by atoms with Crippen molar-refractivity contribution in [2.45, 2.75) is 19.4 Å². The lowest BCUT2D eigenvalue weighted by Gasteiger charge is -2.24. The van der Waals surface area contributed by atoms with Gasteiger partial charge in [-0.1, -0.05) is 35.9 Å². The van der Waals surface area contributed by atoms with E-state index in [1.54, 1.807) is 22.7 Å².